The second-order valence-corrected chi connectivity index (χ2v) is 9.14. The Morgan fingerprint density at radius 3 is 2.15 bits per heavy atom. The number of alkyl carbamates (subject to hydrolysis) is 1. The molecule has 4 rings (SSSR count). The summed E-state index contributed by atoms with van der Waals surface area (Å²) in [6.07, 6.45) is 0.945. The molecule has 0 fully saturated rings. The van der Waals surface area contributed by atoms with Crippen molar-refractivity contribution in [1.29, 1.82) is 0 Å². The molecule has 9 nitrogen and oxygen atoms in total. The lowest BCUT2D eigenvalue weighted by Crippen LogP contribution is -2.55. The van der Waals surface area contributed by atoms with Crippen molar-refractivity contribution in [2.75, 3.05) is 6.61 Å². The number of carbonyl (C=O) groups excluding carboxylic acids is 4. The smallest absolute Gasteiger partial charge is 0.408 e. The number of Topliss-reactive ketones (excluding diaryl/α,β-unsaturated/α-hetero) is 1. The summed E-state index contributed by atoms with van der Waals surface area (Å²) in [5.74, 6) is -2.12. The number of nitrogens with one attached hydrogen (secondary N) is 3. The minimum Gasteiger partial charge on any atom is -0.464 e. The first-order valence-corrected chi connectivity index (χ1v) is 13.0. The van der Waals surface area contributed by atoms with Gasteiger partial charge < -0.3 is 25.1 Å². The molecular weight excluding hydrogens is 510 g/mol. The average Bonchev–Trinajstić information content (AvgIpc) is 3.38. The number of aromatic amines is 1. The van der Waals surface area contributed by atoms with Crippen molar-refractivity contribution in [3.05, 3.63) is 108 Å². The molecule has 0 bridgehead atoms. The molecule has 3 N–H and O–H groups in total. The fourth-order valence-electron chi connectivity index (χ4n) is 4.28. The molecule has 0 aliphatic rings. The summed E-state index contributed by atoms with van der Waals surface area (Å²) in [5, 5.41) is 6.00. The zero-order valence-electron chi connectivity index (χ0n) is 22.1. The van der Waals surface area contributed by atoms with Crippen LogP contribution in [0.25, 0.3) is 10.9 Å². The molecule has 9 heteroatoms. The van der Waals surface area contributed by atoms with Gasteiger partial charge >= 0.3 is 12.1 Å². The summed E-state index contributed by atoms with van der Waals surface area (Å²) in [5.41, 5.74) is 3.10. The summed E-state index contributed by atoms with van der Waals surface area (Å²) in [4.78, 5) is 55.3. The normalized spacial score (nSPS) is 12.2. The molecule has 4 aromatic rings. The van der Waals surface area contributed by atoms with E-state index in [1.807, 2.05) is 60.7 Å². The fourth-order valence-corrected chi connectivity index (χ4v) is 4.28. The lowest BCUT2D eigenvalue weighted by Gasteiger charge is -2.22. The van der Waals surface area contributed by atoms with Gasteiger partial charge in [0.05, 0.1) is 6.61 Å². The van der Waals surface area contributed by atoms with Gasteiger partial charge in [0.25, 0.3) is 0 Å². The number of ketones is 1. The largest absolute Gasteiger partial charge is 0.464 e. The minimum atomic E-state index is -1.54. The molecule has 0 radical (unpaired) electrons. The van der Waals surface area contributed by atoms with Gasteiger partial charge in [-0.3, -0.25) is 9.59 Å². The van der Waals surface area contributed by atoms with Crippen LogP contribution < -0.4 is 10.6 Å². The maximum Gasteiger partial charge on any atom is 0.408 e. The Hall–Kier alpha value is -4.92. The molecule has 0 saturated heterocycles. The summed E-state index contributed by atoms with van der Waals surface area (Å²) < 4.78 is 10.4. The Bertz CT molecular complexity index is 1450. The molecule has 0 saturated carbocycles. The van der Waals surface area contributed by atoms with Gasteiger partial charge in [-0.1, -0.05) is 78.9 Å². The van der Waals surface area contributed by atoms with Crippen molar-refractivity contribution in [2.24, 2.45) is 0 Å². The molecule has 40 heavy (non-hydrogen) atoms. The maximum atomic E-state index is 13.5. The molecule has 206 valence electrons. The minimum absolute atomic E-state index is 0.00904. The molecule has 1 heterocycles. The Balaban J connectivity index is 1.53. The average molecular weight is 542 g/mol. The monoisotopic (exact) mass is 541 g/mol. The first-order valence-electron chi connectivity index (χ1n) is 13.0. The van der Waals surface area contributed by atoms with E-state index in [1.165, 1.54) is 0 Å². The zero-order chi connectivity index (χ0) is 28.3. The summed E-state index contributed by atoms with van der Waals surface area (Å²) >= 11 is 0. The number of esters is 1. The Labute approximate surface area is 231 Å². The lowest BCUT2D eigenvalue weighted by molar-refractivity contribution is -0.150. The number of H-pyrrole nitrogens is 1. The van der Waals surface area contributed by atoms with Crippen LogP contribution in [0.3, 0.4) is 0 Å². The van der Waals surface area contributed by atoms with Crippen LogP contribution in [0.15, 0.2) is 91.1 Å². The number of rotatable bonds is 12. The van der Waals surface area contributed by atoms with Crippen LogP contribution >= 0.6 is 0 Å². The summed E-state index contributed by atoms with van der Waals surface area (Å²) in [6.45, 7) is 1.66. The van der Waals surface area contributed by atoms with Gasteiger partial charge in [0.15, 0.2) is 11.8 Å². The van der Waals surface area contributed by atoms with E-state index in [0.29, 0.717) is 5.56 Å². The number of hydrogen-bond donors (Lipinski definition) is 3. The Morgan fingerprint density at radius 1 is 0.800 bits per heavy atom. The molecule has 1 unspecified atom stereocenters. The van der Waals surface area contributed by atoms with Gasteiger partial charge in [0.1, 0.15) is 12.6 Å². The molecular formula is C31H31N3O6. The van der Waals surface area contributed by atoms with E-state index in [1.54, 1.807) is 37.4 Å². The fraction of sp³-hybridized carbons (Fsp3) is 0.226. The first-order chi connectivity index (χ1) is 19.4. The molecule has 0 aliphatic carbocycles. The van der Waals surface area contributed by atoms with Crippen LogP contribution in [-0.4, -0.2) is 47.4 Å². The molecule has 2 atom stereocenters. The summed E-state index contributed by atoms with van der Waals surface area (Å²) in [7, 11) is 0. The SMILES string of the molecule is CCOC(=O)C(NC(=O)[C@@H](Cc1c[nH]c2ccccc12)NC(=O)OCc1ccccc1)C(=O)Cc1ccccc1. The second kappa shape index (κ2) is 13.7. The van der Waals surface area contributed by atoms with Crippen molar-refractivity contribution < 1.29 is 28.7 Å². The maximum absolute atomic E-state index is 13.5. The van der Waals surface area contributed by atoms with Crippen LogP contribution in [0, 0.1) is 0 Å². The third kappa shape index (κ3) is 7.57. The van der Waals surface area contributed by atoms with Crippen molar-refractivity contribution >= 4 is 34.7 Å². The van der Waals surface area contributed by atoms with Crippen LogP contribution in [-0.2, 0) is 43.3 Å². The van der Waals surface area contributed by atoms with Crippen molar-refractivity contribution in [1.82, 2.24) is 15.6 Å². The van der Waals surface area contributed by atoms with Crippen LogP contribution in [0.5, 0.6) is 0 Å². The van der Waals surface area contributed by atoms with E-state index < -0.39 is 35.8 Å². The standard InChI is InChI=1S/C31H31N3O6/c1-2-39-30(37)28(27(35)17-21-11-5-3-6-12-21)34-29(36)26(18-23-19-32-25-16-10-9-15-24(23)25)33-31(38)40-20-22-13-7-4-8-14-22/h3-16,19,26,28,32H,2,17-18,20H2,1H3,(H,33,38)(H,34,36)/t26-,28?/m1/s1. The third-order valence-corrected chi connectivity index (χ3v) is 6.27. The van der Waals surface area contributed by atoms with Crippen LogP contribution in [0.1, 0.15) is 23.6 Å². The number of benzene rings is 3. The van der Waals surface area contributed by atoms with E-state index in [4.69, 9.17) is 9.47 Å². The highest BCUT2D eigenvalue weighted by atomic mass is 16.5. The predicted octanol–water partition coefficient (Wildman–Crippen LogP) is 3.87. The predicted molar refractivity (Wildman–Crippen MR) is 149 cm³/mol. The highest BCUT2D eigenvalue weighted by molar-refractivity contribution is 6.07. The van der Waals surface area contributed by atoms with Crippen molar-refractivity contribution in [3.63, 3.8) is 0 Å². The number of fused-ring (bicyclic) bond motifs is 1. The molecule has 0 spiro atoms. The van der Waals surface area contributed by atoms with E-state index >= 15 is 0 Å². The number of carbonyl (C=O) groups is 4. The number of ether oxygens (including phenoxy) is 2. The molecule has 2 amide bonds. The third-order valence-electron chi connectivity index (χ3n) is 6.27. The highest BCUT2D eigenvalue weighted by Gasteiger charge is 2.33. The number of amides is 2. The Morgan fingerprint density at radius 2 is 1.45 bits per heavy atom. The van der Waals surface area contributed by atoms with Gasteiger partial charge in [0, 0.05) is 29.9 Å². The second-order valence-electron chi connectivity index (χ2n) is 9.14. The zero-order valence-corrected chi connectivity index (χ0v) is 22.1. The van der Waals surface area contributed by atoms with E-state index in [0.717, 1.165) is 22.0 Å². The van der Waals surface area contributed by atoms with E-state index in [2.05, 4.69) is 15.6 Å². The Kier molecular flexibility index (Phi) is 9.66. The topological polar surface area (TPSA) is 127 Å². The number of aromatic nitrogens is 1. The lowest BCUT2D eigenvalue weighted by atomic mass is 10.0. The van der Waals surface area contributed by atoms with Crippen molar-refractivity contribution in [2.45, 2.75) is 38.5 Å². The van der Waals surface area contributed by atoms with Gasteiger partial charge in [-0.15, -0.1) is 0 Å². The quantitative estimate of drug-likeness (QED) is 0.185. The highest BCUT2D eigenvalue weighted by Crippen LogP contribution is 2.19. The first kappa shape index (κ1) is 28.1. The van der Waals surface area contributed by atoms with E-state index in [9.17, 15) is 19.2 Å². The van der Waals surface area contributed by atoms with Gasteiger partial charge in [-0.2, -0.15) is 0 Å². The van der Waals surface area contributed by atoms with Gasteiger partial charge in [0.2, 0.25) is 5.91 Å². The van der Waals surface area contributed by atoms with E-state index in [-0.39, 0.29) is 26.1 Å². The molecule has 1 aromatic heterocycles. The van der Waals surface area contributed by atoms with Gasteiger partial charge in [-0.05, 0) is 29.7 Å². The van der Waals surface area contributed by atoms with Gasteiger partial charge in [-0.25, -0.2) is 9.59 Å². The molecule has 0 aliphatic heterocycles. The molecule has 3 aromatic carbocycles. The van der Waals surface area contributed by atoms with Crippen LogP contribution in [0.4, 0.5) is 4.79 Å². The summed E-state index contributed by atoms with van der Waals surface area (Å²) in [6, 6.07) is 22.9. The van der Waals surface area contributed by atoms with Crippen LogP contribution in [0.2, 0.25) is 0 Å². The van der Waals surface area contributed by atoms with Crippen molar-refractivity contribution in [3.8, 4) is 0 Å². The number of para-hydroxylation sites is 1. The number of hydrogen-bond acceptors (Lipinski definition) is 6.